The maximum atomic E-state index is 11.9. The van der Waals surface area contributed by atoms with Crippen molar-refractivity contribution in [3.05, 3.63) is 17.8 Å². The normalized spacial score (nSPS) is 10.2. The Balaban J connectivity index is 2.78. The van der Waals surface area contributed by atoms with Crippen LogP contribution in [0.5, 0.6) is 0 Å². The van der Waals surface area contributed by atoms with Gasteiger partial charge in [-0.3, -0.25) is 9.59 Å². The monoisotopic (exact) mass is 242 g/mol. The molecule has 7 nitrogen and oxygen atoms in total. The molecule has 0 radical (unpaired) electrons. The molecule has 0 aromatic carbocycles. The fourth-order valence-electron chi connectivity index (χ4n) is 1.27. The third-order valence-electron chi connectivity index (χ3n) is 2.12. The highest BCUT2D eigenvalue weighted by Gasteiger charge is 2.23. The number of amides is 1. The highest BCUT2D eigenvalue weighted by Crippen LogP contribution is 2.09. The van der Waals surface area contributed by atoms with E-state index in [0.717, 1.165) is 11.3 Å². The molecule has 0 unspecified atom stereocenters. The van der Waals surface area contributed by atoms with Gasteiger partial charge in [-0.15, -0.1) is 0 Å². The second-order valence-corrected chi connectivity index (χ2v) is 3.38. The first-order chi connectivity index (χ1) is 8.06. The van der Waals surface area contributed by atoms with Crippen molar-refractivity contribution in [1.29, 1.82) is 0 Å². The van der Waals surface area contributed by atoms with Crippen LogP contribution in [-0.4, -0.2) is 53.7 Å². The Hall–Kier alpha value is -1.89. The van der Waals surface area contributed by atoms with Gasteiger partial charge in [0, 0.05) is 13.7 Å². The number of hydrogen-bond acceptors (Lipinski definition) is 5. The summed E-state index contributed by atoms with van der Waals surface area (Å²) in [6, 6.07) is 0. The summed E-state index contributed by atoms with van der Waals surface area (Å²) in [6.45, 7) is 1.66. The molecular weight excluding hydrogens is 228 g/mol. The standard InChI is InChI=1S/C10H14N2O5/c1-7-9(17-6-11-7)10(15)12(3-4-16-2)5-8(13)14/h6H,3-5H2,1-2H3,(H,13,14). The van der Waals surface area contributed by atoms with Gasteiger partial charge < -0.3 is 19.2 Å². The first-order valence-electron chi connectivity index (χ1n) is 4.96. The van der Waals surface area contributed by atoms with Gasteiger partial charge in [0.25, 0.3) is 5.91 Å². The first-order valence-corrected chi connectivity index (χ1v) is 4.96. The summed E-state index contributed by atoms with van der Waals surface area (Å²) in [7, 11) is 1.48. The molecule has 7 heteroatoms. The maximum absolute atomic E-state index is 11.9. The molecule has 0 atom stereocenters. The van der Waals surface area contributed by atoms with Crippen LogP contribution in [0.2, 0.25) is 0 Å². The van der Waals surface area contributed by atoms with E-state index in [4.69, 9.17) is 14.3 Å². The van der Waals surface area contributed by atoms with E-state index < -0.39 is 18.4 Å². The van der Waals surface area contributed by atoms with Crippen LogP contribution in [0.4, 0.5) is 0 Å². The van der Waals surface area contributed by atoms with Crippen LogP contribution in [-0.2, 0) is 9.53 Å². The smallest absolute Gasteiger partial charge is 0.323 e. The predicted octanol–water partition coefficient (Wildman–Crippen LogP) is 0.156. The lowest BCUT2D eigenvalue weighted by molar-refractivity contribution is -0.137. The number of carboxylic acids is 1. The molecule has 94 valence electrons. The topological polar surface area (TPSA) is 92.9 Å². The van der Waals surface area contributed by atoms with Crippen molar-refractivity contribution in [3.8, 4) is 0 Å². The van der Waals surface area contributed by atoms with E-state index in [0.29, 0.717) is 5.69 Å². The Morgan fingerprint density at radius 3 is 2.76 bits per heavy atom. The summed E-state index contributed by atoms with van der Waals surface area (Å²) >= 11 is 0. The van der Waals surface area contributed by atoms with Gasteiger partial charge in [0.05, 0.1) is 12.3 Å². The molecule has 17 heavy (non-hydrogen) atoms. The lowest BCUT2D eigenvalue weighted by Crippen LogP contribution is -2.38. The third-order valence-corrected chi connectivity index (χ3v) is 2.12. The fraction of sp³-hybridized carbons (Fsp3) is 0.500. The Morgan fingerprint density at radius 2 is 2.29 bits per heavy atom. The number of carbonyl (C=O) groups excluding carboxylic acids is 1. The van der Waals surface area contributed by atoms with Gasteiger partial charge >= 0.3 is 5.97 Å². The molecule has 0 saturated carbocycles. The molecular formula is C10H14N2O5. The number of carbonyl (C=O) groups is 2. The molecule has 1 aromatic rings. The molecule has 1 heterocycles. The maximum Gasteiger partial charge on any atom is 0.323 e. The largest absolute Gasteiger partial charge is 0.480 e. The van der Waals surface area contributed by atoms with Crippen LogP contribution in [0, 0.1) is 6.92 Å². The average molecular weight is 242 g/mol. The number of methoxy groups -OCH3 is 1. The molecule has 0 bridgehead atoms. The van der Waals surface area contributed by atoms with Gasteiger partial charge in [0.2, 0.25) is 5.76 Å². The molecule has 1 N–H and O–H groups in total. The van der Waals surface area contributed by atoms with E-state index in [9.17, 15) is 9.59 Å². The highest BCUT2D eigenvalue weighted by molar-refractivity contribution is 5.94. The zero-order valence-corrected chi connectivity index (χ0v) is 9.67. The van der Waals surface area contributed by atoms with Gasteiger partial charge in [-0.25, -0.2) is 4.98 Å². The van der Waals surface area contributed by atoms with Gasteiger partial charge in [0.1, 0.15) is 6.54 Å². The van der Waals surface area contributed by atoms with Crippen LogP contribution in [0.15, 0.2) is 10.8 Å². The number of aliphatic carboxylic acids is 1. The van der Waals surface area contributed by atoms with Crippen molar-refractivity contribution < 1.29 is 23.8 Å². The molecule has 0 aliphatic heterocycles. The number of hydrogen-bond donors (Lipinski definition) is 1. The molecule has 1 aromatic heterocycles. The molecule has 1 rings (SSSR count). The van der Waals surface area contributed by atoms with Gasteiger partial charge in [0.15, 0.2) is 6.39 Å². The second kappa shape index (κ2) is 6.00. The third kappa shape index (κ3) is 3.56. The van der Waals surface area contributed by atoms with Gasteiger partial charge in [-0.1, -0.05) is 0 Å². The SMILES string of the molecule is COCCN(CC(=O)O)C(=O)c1ocnc1C. The van der Waals surface area contributed by atoms with Crippen LogP contribution in [0.25, 0.3) is 0 Å². The number of nitrogens with zero attached hydrogens (tertiary/aromatic N) is 2. The number of aryl methyl sites for hydroxylation is 1. The minimum atomic E-state index is -1.09. The zero-order valence-electron chi connectivity index (χ0n) is 9.67. The Kier molecular flexibility index (Phi) is 4.65. The molecule has 0 aliphatic carbocycles. The Bertz CT molecular complexity index is 401. The molecule has 0 fully saturated rings. The van der Waals surface area contributed by atoms with E-state index in [2.05, 4.69) is 4.98 Å². The number of oxazole rings is 1. The quantitative estimate of drug-likeness (QED) is 0.763. The number of aromatic nitrogens is 1. The minimum Gasteiger partial charge on any atom is -0.480 e. The van der Waals surface area contributed by atoms with E-state index in [1.807, 2.05) is 0 Å². The lowest BCUT2D eigenvalue weighted by Gasteiger charge is -2.18. The summed E-state index contributed by atoms with van der Waals surface area (Å²) in [6.07, 6.45) is 1.15. The summed E-state index contributed by atoms with van der Waals surface area (Å²) in [5.41, 5.74) is 0.433. The van der Waals surface area contributed by atoms with Crippen LogP contribution >= 0.6 is 0 Å². The molecule has 0 saturated heterocycles. The van der Waals surface area contributed by atoms with Crippen LogP contribution in [0.3, 0.4) is 0 Å². The second-order valence-electron chi connectivity index (χ2n) is 3.38. The molecule has 0 aliphatic rings. The van der Waals surface area contributed by atoms with E-state index in [-0.39, 0.29) is 18.9 Å². The Labute approximate surface area is 98.0 Å². The van der Waals surface area contributed by atoms with Crippen molar-refractivity contribution in [2.24, 2.45) is 0 Å². The van der Waals surface area contributed by atoms with Crippen molar-refractivity contribution in [1.82, 2.24) is 9.88 Å². The summed E-state index contributed by atoms with van der Waals surface area (Å²) in [4.78, 5) is 27.5. The van der Waals surface area contributed by atoms with Crippen molar-refractivity contribution in [3.63, 3.8) is 0 Å². The highest BCUT2D eigenvalue weighted by atomic mass is 16.5. The van der Waals surface area contributed by atoms with Crippen LogP contribution in [0.1, 0.15) is 16.2 Å². The number of rotatable bonds is 6. The number of ether oxygens (including phenoxy) is 1. The molecule has 1 amide bonds. The number of carboxylic acid groups (broad SMARTS) is 1. The minimum absolute atomic E-state index is 0.0577. The predicted molar refractivity (Wildman–Crippen MR) is 56.7 cm³/mol. The van der Waals surface area contributed by atoms with E-state index in [1.54, 1.807) is 6.92 Å². The fourth-order valence-corrected chi connectivity index (χ4v) is 1.27. The Morgan fingerprint density at radius 1 is 1.59 bits per heavy atom. The van der Waals surface area contributed by atoms with Gasteiger partial charge in [-0.2, -0.15) is 0 Å². The van der Waals surface area contributed by atoms with E-state index >= 15 is 0 Å². The first kappa shape index (κ1) is 13.2. The van der Waals surface area contributed by atoms with Crippen molar-refractivity contribution in [2.45, 2.75) is 6.92 Å². The van der Waals surface area contributed by atoms with Crippen molar-refractivity contribution in [2.75, 3.05) is 26.8 Å². The molecule has 0 spiro atoms. The summed E-state index contributed by atoms with van der Waals surface area (Å²) in [5.74, 6) is -1.53. The van der Waals surface area contributed by atoms with Gasteiger partial charge in [-0.05, 0) is 6.92 Å². The van der Waals surface area contributed by atoms with Crippen LogP contribution < -0.4 is 0 Å². The summed E-state index contributed by atoms with van der Waals surface area (Å²) in [5, 5.41) is 8.72. The average Bonchev–Trinajstić information content (AvgIpc) is 2.69. The zero-order chi connectivity index (χ0) is 12.8. The summed E-state index contributed by atoms with van der Waals surface area (Å²) < 4.78 is 9.75. The van der Waals surface area contributed by atoms with E-state index in [1.165, 1.54) is 7.11 Å². The van der Waals surface area contributed by atoms with Crippen molar-refractivity contribution >= 4 is 11.9 Å². The lowest BCUT2D eigenvalue weighted by atomic mass is 10.3.